The molecule has 5 rings (SSSR count). The number of para-hydroxylation sites is 2. The molecule has 0 amide bonds. The van der Waals surface area contributed by atoms with Crippen LogP contribution in [-0.4, -0.2) is 55.1 Å². The fourth-order valence-electron chi connectivity index (χ4n) is 5.86. The zero-order valence-corrected chi connectivity index (χ0v) is 18.4. The fraction of sp³-hybridized carbons (Fsp3) is 0.556. The van der Waals surface area contributed by atoms with Crippen molar-refractivity contribution < 1.29 is 0 Å². The Balaban J connectivity index is 1.19. The van der Waals surface area contributed by atoms with E-state index >= 15 is 0 Å². The SMILES string of the molecule is c1ccc2c(c1)CCc1ccccc1N2CCCN1CCC(N2CCCCC2)CC1. The number of hydrogen-bond donors (Lipinski definition) is 0. The Labute approximate surface area is 182 Å². The van der Waals surface area contributed by atoms with Gasteiger partial charge in [0.15, 0.2) is 0 Å². The van der Waals surface area contributed by atoms with Crippen molar-refractivity contribution in [2.24, 2.45) is 0 Å². The lowest BCUT2D eigenvalue weighted by atomic mass is 10.00. The molecule has 0 spiro atoms. The number of aryl methyl sites for hydroxylation is 2. The Morgan fingerprint density at radius 2 is 1.27 bits per heavy atom. The van der Waals surface area contributed by atoms with E-state index in [1.54, 1.807) is 0 Å². The van der Waals surface area contributed by atoms with Crippen LogP contribution in [0.1, 0.15) is 49.7 Å². The summed E-state index contributed by atoms with van der Waals surface area (Å²) in [7, 11) is 0. The summed E-state index contributed by atoms with van der Waals surface area (Å²) in [5, 5.41) is 0. The predicted octanol–water partition coefficient (Wildman–Crippen LogP) is 5.26. The summed E-state index contributed by atoms with van der Waals surface area (Å²) < 4.78 is 0. The lowest BCUT2D eigenvalue weighted by Gasteiger charge is -2.40. The Hall–Kier alpha value is -1.84. The summed E-state index contributed by atoms with van der Waals surface area (Å²) in [5.74, 6) is 0. The van der Waals surface area contributed by atoms with Gasteiger partial charge in [-0.1, -0.05) is 42.8 Å². The van der Waals surface area contributed by atoms with Gasteiger partial charge in [-0.05, 0) is 101 Å². The van der Waals surface area contributed by atoms with Gasteiger partial charge in [-0.25, -0.2) is 0 Å². The molecule has 3 aliphatic rings. The lowest BCUT2D eigenvalue weighted by molar-refractivity contribution is 0.0924. The standard InChI is InChI=1S/C27H37N3/c1-6-18-29(19-7-1)25-15-21-28(22-16-25)17-8-20-30-26-11-4-2-9-23(26)13-14-24-10-3-5-12-27(24)30/h2-5,9-12,25H,1,6-8,13-22H2. The molecule has 3 nitrogen and oxygen atoms in total. The maximum Gasteiger partial charge on any atom is 0.0443 e. The minimum atomic E-state index is 0.853. The van der Waals surface area contributed by atoms with E-state index < -0.39 is 0 Å². The van der Waals surface area contributed by atoms with Gasteiger partial charge in [-0.15, -0.1) is 0 Å². The smallest absolute Gasteiger partial charge is 0.0443 e. The molecule has 160 valence electrons. The number of rotatable bonds is 5. The van der Waals surface area contributed by atoms with Crippen LogP contribution in [0.2, 0.25) is 0 Å². The van der Waals surface area contributed by atoms with Crippen LogP contribution in [0, 0.1) is 0 Å². The molecule has 2 aromatic carbocycles. The molecule has 0 saturated carbocycles. The predicted molar refractivity (Wildman–Crippen MR) is 127 cm³/mol. The van der Waals surface area contributed by atoms with Crippen molar-refractivity contribution in [3.63, 3.8) is 0 Å². The van der Waals surface area contributed by atoms with Gasteiger partial charge in [-0.3, -0.25) is 0 Å². The minimum Gasteiger partial charge on any atom is -0.341 e. The quantitative estimate of drug-likeness (QED) is 0.674. The molecule has 2 fully saturated rings. The third-order valence-corrected chi connectivity index (χ3v) is 7.55. The van der Waals surface area contributed by atoms with Crippen LogP contribution in [0.3, 0.4) is 0 Å². The molecule has 3 heterocycles. The van der Waals surface area contributed by atoms with E-state index in [0.29, 0.717) is 0 Å². The first-order valence-corrected chi connectivity index (χ1v) is 12.3. The van der Waals surface area contributed by atoms with Gasteiger partial charge in [0.25, 0.3) is 0 Å². The summed E-state index contributed by atoms with van der Waals surface area (Å²) in [5.41, 5.74) is 5.84. The summed E-state index contributed by atoms with van der Waals surface area (Å²) in [6, 6.07) is 18.9. The molecule has 0 unspecified atom stereocenters. The third kappa shape index (κ3) is 4.43. The van der Waals surface area contributed by atoms with Crippen molar-refractivity contribution in [1.82, 2.24) is 9.80 Å². The first-order chi connectivity index (χ1) is 14.9. The normalized spacial score (nSPS) is 21.1. The van der Waals surface area contributed by atoms with Gasteiger partial charge >= 0.3 is 0 Å². The second-order valence-corrected chi connectivity index (χ2v) is 9.43. The number of hydrogen-bond acceptors (Lipinski definition) is 3. The Morgan fingerprint density at radius 3 is 1.90 bits per heavy atom. The van der Waals surface area contributed by atoms with Crippen LogP contribution in [0.25, 0.3) is 0 Å². The van der Waals surface area contributed by atoms with Gasteiger partial charge in [0.1, 0.15) is 0 Å². The van der Waals surface area contributed by atoms with Gasteiger partial charge in [0.2, 0.25) is 0 Å². The zero-order chi connectivity index (χ0) is 20.2. The molecule has 2 aromatic rings. The molecule has 3 heteroatoms. The number of likely N-dealkylation sites (tertiary alicyclic amines) is 2. The first kappa shape index (κ1) is 20.1. The number of anilines is 2. The second kappa shape index (κ2) is 9.53. The molecule has 0 radical (unpaired) electrons. The van der Waals surface area contributed by atoms with Crippen molar-refractivity contribution in [2.45, 2.75) is 57.4 Å². The van der Waals surface area contributed by atoms with E-state index in [2.05, 4.69) is 63.2 Å². The summed E-state index contributed by atoms with van der Waals surface area (Å²) in [4.78, 5) is 8.10. The Kier molecular flexibility index (Phi) is 6.38. The molecule has 0 bridgehead atoms. The van der Waals surface area contributed by atoms with E-state index in [4.69, 9.17) is 0 Å². The van der Waals surface area contributed by atoms with Crippen LogP contribution >= 0.6 is 0 Å². The zero-order valence-electron chi connectivity index (χ0n) is 18.4. The highest BCUT2D eigenvalue weighted by Crippen LogP contribution is 2.36. The minimum absolute atomic E-state index is 0.853. The van der Waals surface area contributed by atoms with Crippen LogP contribution in [0.5, 0.6) is 0 Å². The second-order valence-electron chi connectivity index (χ2n) is 9.43. The van der Waals surface area contributed by atoms with Crippen LogP contribution in [0.15, 0.2) is 48.5 Å². The largest absolute Gasteiger partial charge is 0.341 e. The van der Waals surface area contributed by atoms with Gasteiger partial charge in [-0.2, -0.15) is 0 Å². The average Bonchev–Trinajstić information content (AvgIpc) is 2.97. The van der Waals surface area contributed by atoms with Crippen LogP contribution < -0.4 is 4.90 Å². The number of piperidine rings is 2. The van der Waals surface area contributed by atoms with Crippen LogP contribution in [-0.2, 0) is 12.8 Å². The highest BCUT2D eigenvalue weighted by molar-refractivity contribution is 5.71. The van der Waals surface area contributed by atoms with E-state index in [9.17, 15) is 0 Å². The molecular weight excluding hydrogens is 366 g/mol. The number of fused-ring (bicyclic) bond motifs is 2. The fourth-order valence-corrected chi connectivity index (χ4v) is 5.86. The van der Waals surface area contributed by atoms with E-state index in [1.165, 1.54) is 93.8 Å². The summed E-state index contributed by atoms with van der Waals surface area (Å²) in [6.45, 7) is 7.60. The van der Waals surface area contributed by atoms with Crippen LogP contribution in [0.4, 0.5) is 11.4 Å². The molecule has 3 aliphatic heterocycles. The lowest BCUT2D eigenvalue weighted by Crippen LogP contribution is -2.47. The van der Waals surface area contributed by atoms with E-state index in [-0.39, 0.29) is 0 Å². The number of nitrogens with zero attached hydrogens (tertiary/aromatic N) is 3. The highest BCUT2D eigenvalue weighted by atomic mass is 15.2. The summed E-state index contributed by atoms with van der Waals surface area (Å²) >= 11 is 0. The van der Waals surface area contributed by atoms with Gasteiger partial charge in [0, 0.05) is 24.0 Å². The molecule has 2 saturated heterocycles. The topological polar surface area (TPSA) is 9.72 Å². The molecule has 0 aliphatic carbocycles. The van der Waals surface area contributed by atoms with Crippen molar-refractivity contribution >= 4 is 11.4 Å². The highest BCUT2D eigenvalue weighted by Gasteiger charge is 2.26. The monoisotopic (exact) mass is 403 g/mol. The first-order valence-electron chi connectivity index (χ1n) is 12.3. The molecule has 0 N–H and O–H groups in total. The van der Waals surface area contributed by atoms with Crippen molar-refractivity contribution in [3.05, 3.63) is 59.7 Å². The molecular formula is C27H37N3. The van der Waals surface area contributed by atoms with Gasteiger partial charge in [0.05, 0.1) is 0 Å². The van der Waals surface area contributed by atoms with Crippen molar-refractivity contribution in [1.29, 1.82) is 0 Å². The van der Waals surface area contributed by atoms with Gasteiger partial charge < -0.3 is 14.7 Å². The Morgan fingerprint density at radius 1 is 0.667 bits per heavy atom. The molecule has 0 atom stereocenters. The maximum absolute atomic E-state index is 2.78. The third-order valence-electron chi connectivity index (χ3n) is 7.55. The maximum atomic E-state index is 2.78. The van der Waals surface area contributed by atoms with E-state index in [1.807, 2.05) is 0 Å². The van der Waals surface area contributed by atoms with Crippen molar-refractivity contribution in [2.75, 3.05) is 44.2 Å². The van der Waals surface area contributed by atoms with E-state index in [0.717, 1.165) is 25.4 Å². The number of benzene rings is 2. The molecule has 30 heavy (non-hydrogen) atoms. The van der Waals surface area contributed by atoms with Crippen molar-refractivity contribution in [3.8, 4) is 0 Å². The summed E-state index contributed by atoms with van der Waals surface area (Å²) in [6.07, 6.45) is 10.5. The average molecular weight is 404 g/mol. The molecule has 0 aromatic heterocycles. The Bertz CT molecular complexity index is 771.